The molecule has 0 aliphatic rings. The third-order valence-corrected chi connectivity index (χ3v) is 3.23. The van der Waals surface area contributed by atoms with Gasteiger partial charge in [-0.1, -0.05) is 11.6 Å². The highest BCUT2D eigenvalue weighted by molar-refractivity contribution is 5.94. The van der Waals surface area contributed by atoms with Gasteiger partial charge in [0.2, 0.25) is 0 Å². The first-order chi connectivity index (χ1) is 10.2. The van der Waals surface area contributed by atoms with E-state index in [0.29, 0.717) is 5.69 Å². The first-order valence-corrected chi connectivity index (χ1v) is 7.23. The molecule has 0 atom stereocenters. The van der Waals surface area contributed by atoms with Crippen molar-refractivity contribution in [3.05, 3.63) is 35.5 Å². The molecule has 22 heavy (non-hydrogen) atoms. The van der Waals surface area contributed by atoms with Crippen LogP contribution < -0.4 is 10.1 Å². The Hall–Kier alpha value is -2.30. The van der Waals surface area contributed by atoms with Crippen LogP contribution in [0.4, 0.5) is 0 Å². The molecule has 0 spiro atoms. The fourth-order valence-corrected chi connectivity index (χ4v) is 2.26. The zero-order chi connectivity index (χ0) is 16.5. The van der Waals surface area contributed by atoms with E-state index in [2.05, 4.69) is 10.4 Å². The zero-order valence-electron chi connectivity index (χ0n) is 14.0. The van der Waals surface area contributed by atoms with Gasteiger partial charge in [-0.2, -0.15) is 5.10 Å². The van der Waals surface area contributed by atoms with E-state index in [9.17, 15) is 4.79 Å². The lowest BCUT2D eigenvalue weighted by molar-refractivity contribution is 0.0913. The van der Waals surface area contributed by atoms with Crippen molar-refractivity contribution in [3.63, 3.8) is 0 Å². The molecule has 0 aliphatic heterocycles. The summed E-state index contributed by atoms with van der Waals surface area (Å²) in [4.78, 5) is 12.3. The highest BCUT2D eigenvalue weighted by Gasteiger charge is 2.20. The van der Waals surface area contributed by atoms with Gasteiger partial charge < -0.3 is 10.1 Å². The van der Waals surface area contributed by atoms with Gasteiger partial charge in [-0.15, -0.1) is 0 Å². The molecule has 0 aliphatic carbocycles. The van der Waals surface area contributed by atoms with Crippen LogP contribution in [-0.2, 0) is 7.05 Å². The number of hydrogen-bond acceptors (Lipinski definition) is 3. The number of amides is 1. The van der Waals surface area contributed by atoms with Gasteiger partial charge >= 0.3 is 0 Å². The second-order valence-corrected chi connectivity index (χ2v) is 6.45. The van der Waals surface area contributed by atoms with Gasteiger partial charge in [0.1, 0.15) is 5.75 Å². The fraction of sp³-hybridized carbons (Fsp3) is 0.412. The molecule has 2 aromatic rings. The molecule has 1 amide bonds. The van der Waals surface area contributed by atoms with Crippen LogP contribution >= 0.6 is 0 Å². The maximum Gasteiger partial charge on any atom is 0.272 e. The van der Waals surface area contributed by atoms with Crippen molar-refractivity contribution in [1.82, 2.24) is 15.1 Å². The van der Waals surface area contributed by atoms with E-state index >= 15 is 0 Å². The van der Waals surface area contributed by atoms with Crippen LogP contribution in [0.3, 0.4) is 0 Å². The van der Waals surface area contributed by atoms with E-state index in [1.165, 1.54) is 0 Å². The van der Waals surface area contributed by atoms with Crippen molar-refractivity contribution in [2.24, 2.45) is 7.05 Å². The minimum absolute atomic E-state index is 0.180. The van der Waals surface area contributed by atoms with Crippen molar-refractivity contribution in [2.45, 2.75) is 33.2 Å². The van der Waals surface area contributed by atoms with E-state index in [0.717, 1.165) is 22.6 Å². The molecule has 1 aromatic heterocycles. The van der Waals surface area contributed by atoms with Crippen LogP contribution in [0.2, 0.25) is 0 Å². The molecule has 0 saturated heterocycles. The van der Waals surface area contributed by atoms with Gasteiger partial charge in [-0.3, -0.25) is 9.48 Å². The Balaban J connectivity index is 2.43. The zero-order valence-corrected chi connectivity index (χ0v) is 14.0. The Morgan fingerprint density at radius 2 is 1.95 bits per heavy atom. The normalized spacial score (nSPS) is 11.4. The standard InChI is InChI=1S/C17H23N3O2/c1-11-7-8-15(22-6)12(9-11)14-10-13(19-20(14)5)16(21)18-17(2,3)4/h7-10H,1-6H3,(H,18,21). The molecule has 118 valence electrons. The first kappa shape index (κ1) is 16.1. The molecule has 5 nitrogen and oxygen atoms in total. The number of nitrogens with zero attached hydrogens (tertiary/aromatic N) is 2. The minimum Gasteiger partial charge on any atom is -0.496 e. The largest absolute Gasteiger partial charge is 0.496 e. The Labute approximate surface area is 131 Å². The van der Waals surface area contributed by atoms with Crippen LogP contribution in [0, 0.1) is 6.92 Å². The summed E-state index contributed by atoms with van der Waals surface area (Å²) in [6.45, 7) is 7.85. The minimum atomic E-state index is -0.296. The molecule has 0 radical (unpaired) electrons. The maximum atomic E-state index is 12.3. The Bertz CT molecular complexity index is 696. The number of aryl methyl sites for hydroxylation is 2. The Morgan fingerprint density at radius 1 is 1.27 bits per heavy atom. The van der Waals surface area contributed by atoms with Gasteiger partial charge in [-0.05, 0) is 45.9 Å². The van der Waals surface area contributed by atoms with Crippen LogP contribution in [0.25, 0.3) is 11.3 Å². The number of benzene rings is 1. The molecule has 1 N–H and O–H groups in total. The lowest BCUT2D eigenvalue weighted by Crippen LogP contribution is -2.40. The average Bonchev–Trinajstić information content (AvgIpc) is 2.79. The molecule has 1 aromatic carbocycles. The number of rotatable bonds is 3. The summed E-state index contributed by atoms with van der Waals surface area (Å²) in [5, 5.41) is 7.25. The average molecular weight is 301 g/mol. The number of methoxy groups -OCH3 is 1. The SMILES string of the molecule is COc1ccc(C)cc1-c1cc(C(=O)NC(C)(C)C)nn1C. The molecule has 0 bridgehead atoms. The summed E-state index contributed by atoms with van der Waals surface area (Å²) in [5.41, 5.74) is 3.00. The van der Waals surface area contributed by atoms with Crippen molar-refractivity contribution >= 4 is 5.91 Å². The summed E-state index contributed by atoms with van der Waals surface area (Å²) in [6.07, 6.45) is 0. The lowest BCUT2D eigenvalue weighted by atomic mass is 10.1. The predicted octanol–water partition coefficient (Wildman–Crippen LogP) is 2.93. The second-order valence-electron chi connectivity index (χ2n) is 6.45. The number of carbonyl (C=O) groups excluding carboxylic acids is 1. The highest BCUT2D eigenvalue weighted by Crippen LogP contribution is 2.31. The van der Waals surface area contributed by atoms with Crippen LogP contribution in [-0.4, -0.2) is 28.3 Å². The van der Waals surface area contributed by atoms with Crippen LogP contribution in [0.15, 0.2) is 24.3 Å². The summed E-state index contributed by atoms with van der Waals surface area (Å²) in [7, 11) is 3.46. The molecule has 0 unspecified atom stereocenters. The molecule has 1 heterocycles. The second kappa shape index (κ2) is 5.83. The van der Waals surface area contributed by atoms with Crippen LogP contribution in [0.1, 0.15) is 36.8 Å². The summed E-state index contributed by atoms with van der Waals surface area (Å²) in [5.74, 6) is 0.581. The van der Waals surface area contributed by atoms with Gasteiger partial charge in [-0.25, -0.2) is 0 Å². The van der Waals surface area contributed by atoms with Crippen molar-refractivity contribution < 1.29 is 9.53 Å². The van der Waals surface area contributed by atoms with Crippen molar-refractivity contribution in [3.8, 4) is 17.0 Å². The molecule has 0 fully saturated rings. The monoisotopic (exact) mass is 301 g/mol. The molecule has 5 heteroatoms. The molecule has 0 saturated carbocycles. The maximum absolute atomic E-state index is 12.3. The number of aromatic nitrogens is 2. The summed E-state index contributed by atoms with van der Waals surface area (Å²) < 4.78 is 7.12. The highest BCUT2D eigenvalue weighted by atomic mass is 16.5. The van der Waals surface area contributed by atoms with E-state index in [1.54, 1.807) is 17.9 Å². The Kier molecular flexibility index (Phi) is 4.26. The van der Waals surface area contributed by atoms with E-state index < -0.39 is 0 Å². The smallest absolute Gasteiger partial charge is 0.272 e. The Morgan fingerprint density at radius 3 is 2.55 bits per heavy atom. The topological polar surface area (TPSA) is 56.1 Å². The quantitative estimate of drug-likeness (QED) is 0.948. The molecule has 2 rings (SSSR count). The van der Waals surface area contributed by atoms with Gasteiger partial charge in [0, 0.05) is 18.2 Å². The van der Waals surface area contributed by atoms with Gasteiger partial charge in [0.15, 0.2) is 5.69 Å². The number of carbonyl (C=O) groups is 1. The van der Waals surface area contributed by atoms with Crippen molar-refractivity contribution in [1.29, 1.82) is 0 Å². The lowest BCUT2D eigenvalue weighted by Gasteiger charge is -2.19. The number of hydrogen-bond donors (Lipinski definition) is 1. The van der Waals surface area contributed by atoms with Gasteiger partial charge in [0.25, 0.3) is 5.91 Å². The van der Waals surface area contributed by atoms with Gasteiger partial charge in [0.05, 0.1) is 12.8 Å². The van der Waals surface area contributed by atoms with Crippen molar-refractivity contribution in [2.75, 3.05) is 7.11 Å². The molecular formula is C17H23N3O2. The molecular weight excluding hydrogens is 278 g/mol. The fourth-order valence-electron chi connectivity index (χ4n) is 2.26. The summed E-state index contributed by atoms with van der Waals surface area (Å²) >= 11 is 0. The van der Waals surface area contributed by atoms with E-state index in [1.807, 2.05) is 52.9 Å². The van der Waals surface area contributed by atoms with E-state index in [-0.39, 0.29) is 11.4 Å². The first-order valence-electron chi connectivity index (χ1n) is 7.23. The van der Waals surface area contributed by atoms with E-state index in [4.69, 9.17) is 4.74 Å². The third kappa shape index (κ3) is 3.47. The number of nitrogens with one attached hydrogen (secondary N) is 1. The number of ether oxygens (including phenoxy) is 1. The third-order valence-electron chi connectivity index (χ3n) is 3.23. The summed E-state index contributed by atoms with van der Waals surface area (Å²) in [6, 6.07) is 7.73. The predicted molar refractivity (Wildman–Crippen MR) is 87.2 cm³/mol. The van der Waals surface area contributed by atoms with Crippen LogP contribution in [0.5, 0.6) is 5.75 Å².